The summed E-state index contributed by atoms with van der Waals surface area (Å²) in [6.45, 7) is 3.42. The Kier molecular flexibility index (Phi) is 3.23. The van der Waals surface area contributed by atoms with Crippen LogP contribution >= 0.6 is 0 Å². The number of phenols is 1. The third-order valence-electron chi connectivity index (χ3n) is 1.88. The summed E-state index contributed by atoms with van der Waals surface area (Å²) < 4.78 is 0. The van der Waals surface area contributed by atoms with Gasteiger partial charge in [-0.3, -0.25) is 4.79 Å². The van der Waals surface area contributed by atoms with Crippen LogP contribution in [0.3, 0.4) is 0 Å². The Balaban J connectivity index is 3.06. The summed E-state index contributed by atoms with van der Waals surface area (Å²) in [4.78, 5) is 21.9. The average Bonchev–Trinajstić information content (AvgIpc) is 2.17. The molecular weight excluding hydrogens is 196 g/mol. The molecular formula is C11H10O4. The number of rotatable bonds is 4. The maximum Gasteiger partial charge on any atom is 0.339 e. The lowest BCUT2D eigenvalue weighted by molar-refractivity contribution is 0.0693. The second kappa shape index (κ2) is 4.41. The van der Waals surface area contributed by atoms with E-state index in [4.69, 9.17) is 5.11 Å². The van der Waals surface area contributed by atoms with Crippen molar-refractivity contribution in [3.63, 3.8) is 0 Å². The molecule has 15 heavy (non-hydrogen) atoms. The zero-order chi connectivity index (χ0) is 11.4. The van der Waals surface area contributed by atoms with Crippen LogP contribution in [0.2, 0.25) is 0 Å². The number of carbonyl (C=O) groups is 2. The van der Waals surface area contributed by atoms with Gasteiger partial charge >= 0.3 is 5.97 Å². The van der Waals surface area contributed by atoms with Crippen molar-refractivity contribution in [1.82, 2.24) is 0 Å². The van der Waals surface area contributed by atoms with Gasteiger partial charge in [-0.2, -0.15) is 0 Å². The number of ketones is 1. The highest BCUT2D eigenvalue weighted by atomic mass is 16.4. The second-order valence-electron chi connectivity index (χ2n) is 2.95. The van der Waals surface area contributed by atoms with E-state index in [9.17, 15) is 14.7 Å². The maximum atomic E-state index is 11.3. The number of hydrogen-bond donors (Lipinski definition) is 2. The Labute approximate surface area is 86.5 Å². The Morgan fingerprint density at radius 2 is 2.07 bits per heavy atom. The summed E-state index contributed by atoms with van der Waals surface area (Å²) >= 11 is 0. The molecule has 78 valence electrons. The first kappa shape index (κ1) is 11.0. The normalized spacial score (nSPS) is 9.60. The van der Waals surface area contributed by atoms with Gasteiger partial charge in [0.25, 0.3) is 0 Å². The number of benzene rings is 1. The summed E-state index contributed by atoms with van der Waals surface area (Å²) in [5.41, 5.74) is 0.0579. The number of Topliss-reactive ketones (excluding diaryl/α,β-unsaturated/α-hetero) is 1. The van der Waals surface area contributed by atoms with E-state index in [2.05, 4.69) is 6.58 Å². The Hall–Kier alpha value is -2.10. The lowest BCUT2D eigenvalue weighted by Gasteiger charge is -2.02. The predicted octanol–water partition coefficient (Wildman–Crippen LogP) is 1.85. The Morgan fingerprint density at radius 1 is 1.40 bits per heavy atom. The van der Waals surface area contributed by atoms with Crippen LogP contribution in [0.15, 0.2) is 30.9 Å². The van der Waals surface area contributed by atoms with Crippen LogP contribution < -0.4 is 0 Å². The van der Waals surface area contributed by atoms with E-state index in [-0.39, 0.29) is 23.3 Å². The molecule has 2 N–H and O–H groups in total. The summed E-state index contributed by atoms with van der Waals surface area (Å²) in [5, 5.41) is 18.0. The molecule has 0 aliphatic carbocycles. The van der Waals surface area contributed by atoms with Gasteiger partial charge in [0.2, 0.25) is 0 Å². The second-order valence-corrected chi connectivity index (χ2v) is 2.95. The highest BCUT2D eigenvalue weighted by Gasteiger charge is 2.12. The zero-order valence-electron chi connectivity index (χ0n) is 7.93. The molecule has 0 aromatic heterocycles. The van der Waals surface area contributed by atoms with Crippen molar-refractivity contribution in [2.24, 2.45) is 0 Å². The van der Waals surface area contributed by atoms with E-state index in [0.29, 0.717) is 0 Å². The van der Waals surface area contributed by atoms with Crippen molar-refractivity contribution >= 4 is 11.8 Å². The number of allylic oxidation sites excluding steroid dienone is 1. The van der Waals surface area contributed by atoms with E-state index >= 15 is 0 Å². The van der Waals surface area contributed by atoms with E-state index in [0.717, 1.165) is 6.07 Å². The van der Waals surface area contributed by atoms with Crippen molar-refractivity contribution in [3.8, 4) is 5.75 Å². The lowest BCUT2D eigenvalue weighted by atomic mass is 10.1. The Morgan fingerprint density at radius 3 is 2.53 bits per heavy atom. The molecule has 0 heterocycles. The van der Waals surface area contributed by atoms with Gasteiger partial charge in [-0.1, -0.05) is 12.1 Å². The summed E-state index contributed by atoms with van der Waals surface area (Å²) in [6, 6.07) is 3.72. The van der Waals surface area contributed by atoms with Crippen molar-refractivity contribution < 1.29 is 19.8 Å². The minimum absolute atomic E-state index is 0.159. The van der Waals surface area contributed by atoms with Crippen LogP contribution in [0.4, 0.5) is 0 Å². The van der Waals surface area contributed by atoms with Gasteiger partial charge in [0, 0.05) is 12.0 Å². The number of carbonyl (C=O) groups excluding carboxylic acids is 1. The minimum atomic E-state index is -1.23. The fourth-order valence-electron chi connectivity index (χ4n) is 1.13. The van der Waals surface area contributed by atoms with Crippen molar-refractivity contribution in [3.05, 3.63) is 42.0 Å². The monoisotopic (exact) mass is 206 g/mol. The fraction of sp³-hybridized carbons (Fsp3) is 0.0909. The van der Waals surface area contributed by atoms with Gasteiger partial charge in [0.15, 0.2) is 5.78 Å². The predicted molar refractivity (Wildman–Crippen MR) is 54.2 cm³/mol. The van der Waals surface area contributed by atoms with Gasteiger partial charge in [-0.15, -0.1) is 6.58 Å². The smallest absolute Gasteiger partial charge is 0.339 e. The van der Waals surface area contributed by atoms with E-state index in [1.165, 1.54) is 18.2 Å². The quantitative estimate of drug-likeness (QED) is 0.582. The summed E-state index contributed by atoms with van der Waals surface area (Å²) in [5.74, 6) is -1.84. The van der Waals surface area contributed by atoms with E-state index in [1.807, 2.05) is 0 Å². The van der Waals surface area contributed by atoms with Crippen LogP contribution in [0.25, 0.3) is 0 Å². The van der Waals surface area contributed by atoms with Crippen molar-refractivity contribution in [2.75, 3.05) is 0 Å². The minimum Gasteiger partial charge on any atom is -0.507 e. The Bertz CT molecular complexity index is 421. The van der Waals surface area contributed by atoms with Gasteiger partial charge in [0.05, 0.1) is 0 Å². The molecule has 0 radical (unpaired) electrons. The molecule has 0 bridgehead atoms. The summed E-state index contributed by atoms with van der Waals surface area (Å²) in [6.07, 6.45) is 1.61. The van der Waals surface area contributed by atoms with Crippen LogP contribution in [0, 0.1) is 0 Å². The van der Waals surface area contributed by atoms with Crippen LogP contribution in [-0.2, 0) is 0 Å². The average molecular weight is 206 g/mol. The molecule has 0 fully saturated rings. The number of carboxylic acid groups (broad SMARTS) is 1. The fourth-order valence-corrected chi connectivity index (χ4v) is 1.13. The lowest BCUT2D eigenvalue weighted by Crippen LogP contribution is -2.01. The van der Waals surface area contributed by atoms with Gasteiger partial charge < -0.3 is 10.2 Å². The number of carboxylic acids is 1. The molecule has 0 unspecified atom stereocenters. The SMILES string of the molecule is C=CCC(=O)c1ccc(C(=O)O)c(O)c1. The number of aromatic carboxylic acids is 1. The largest absolute Gasteiger partial charge is 0.507 e. The first-order valence-corrected chi connectivity index (χ1v) is 4.26. The third kappa shape index (κ3) is 2.43. The molecule has 0 saturated carbocycles. The topological polar surface area (TPSA) is 74.6 Å². The first-order chi connectivity index (χ1) is 7.06. The third-order valence-corrected chi connectivity index (χ3v) is 1.88. The molecule has 0 saturated heterocycles. The van der Waals surface area contributed by atoms with E-state index in [1.54, 1.807) is 0 Å². The molecule has 4 heteroatoms. The zero-order valence-corrected chi connectivity index (χ0v) is 7.93. The standard InChI is InChI=1S/C11H10O4/c1-2-3-9(12)7-4-5-8(11(14)15)10(13)6-7/h2,4-6,13H,1,3H2,(H,14,15). The molecule has 4 nitrogen and oxygen atoms in total. The molecule has 0 amide bonds. The maximum absolute atomic E-state index is 11.3. The van der Waals surface area contributed by atoms with Gasteiger partial charge in [0.1, 0.15) is 11.3 Å². The molecule has 1 aromatic rings. The molecule has 0 aliphatic heterocycles. The molecule has 1 aromatic carbocycles. The molecule has 1 rings (SSSR count). The van der Waals surface area contributed by atoms with Crippen LogP contribution in [0.1, 0.15) is 27.1 Å². The highest BCUT2D eigenvalue weighted by Crippen LogP contribution is 2.19. The molecule has 0 atom stereocenters. The highest BCUT2D eigenvalue weighted by molar-refractivity contribution is 5.99. The number of hydrogen-bond acceptors (Lipinski definition) is 3. The van der Waals surface area contributed by atoms with E-state index < -0.39 is 11.7 Å². The molecule has 0 aliphatic rings. The van der Waals surface area contributed by atoms with Crippen LogP contribution in [-0.4, -0.2) is 22.0 Å². The summed E-state index contributed by atoms with van der Waals surface area (Å²) in [7, 11) is 0. The van der Waals surface area contributed by atoms with Gasteiger partial charge in [-0.05, 0) is 12.1 Å². The number of aromatic hydroxyl groups is 1. The van der Waals surface area contributed by atoms with Crippen LogP contribution in [0.5, 0.6) is 5.75 Å². The molecule has 0 spiro atoms. The first-order valence-electron chi connectivity index (χ1n) is 4.26. The van der Waals surface area contributed by atoms with Crippen molar-refractivity contribution in [2.45, 2.75) is 6.42 Å². The van der Waals surface area contributed by atoms with Gasteiger partial charge in [-0.25, -0.2) is 4.79 Å². The van der Waals surface area contributed by atoms with Crippen molar-refractivity contribution in [1.29, 1.82) is 0 Å².